The van der Waals surface area contributed by atoms with Crippen LogP contribution in [0.4, 0.5) is 23.7 Å². The van der Waals surface area contributed by atoms with Gasteiger partial charge in [-0.2, -0.15) is 13.2 Å². The molecule has 0 spiro atoms. The molecule has 1 aromatic heterocycles. The highest BCUT2D eigenvalue weighted by atomic mass is 32.1. The number of anilines is 1. The molecule has 0 unspecified atom stereocenters. The van der Waals surface area contributed by atoms with Gasteiger partial charge in [-0.05, 0) is 41.6 Å². The number of halogens is 3. The first-order valence-corrected chi connectivity index (χ1v) is 11.7. The zero-order chi connectivity index (χ0) is 24.6. The Morgan fingerprint density at radius 1 is 0.941 bits per heavy atom. The van der Waals surface area contributed by atoms with Crippen LogP contribution in [0.3, 0.4) is 0 Å². The predicted molar refractivity (Wildman–Crippen MR) is 127 cm³/mol. The van der Waals surface area contributed by atoms with E-state index in [2.05, 4.69) is 5.32 Å². The third kappa shape index (κ3) is 7.34. The van der Waals surface area contributed by atoms with Gasteiger partial charge in [0.25, 0.3) is 0 Å². The summed E-state index contributed by atoms with van der Waals surface area (Å²) < 4.78 is 39.0. The highest BCUT2D eigenvalue weighted by Gasteiger charge is 2.30. The third-order valence-electron chi connectivity index (χ3n) is 5.04. The van der Waals surface area contributed by atoms with Crippen LogP contribution < -0.4 is 5.32 Å². The first-order chi connectivity index (χ1) is 16.3. The summed E-state index contributed by atoms with van der Waals surface area (Å²) in [6.07, 6.45) is -3.92. The predicted octanol–water partition coefficient (Wildman–Crippen LogP) is 6.24. The van der Waals surface area contributed by atoms with Crippen LogP contribution in [0.25, 0.3) is 0 Å². The van der Waals surface area contributed by atoms with E-state index >= 15 is 0 Å². The van der Waals surface area contributed by atoms with Crippen molar-refractivity contribution in [1.82, 2.24) is 9.80 Å². The van der Waals surface area contributed by atoms with Gasteiger partial charge in [0, 0.05) is 23.7 Å². The summed E-state index contributed by atoms with van der Waals surface area (Å²) in [4.78, 5) is 30.1. The smallest absolute Gasteiger partial charge is 0.332 e. The van der Waals surface area contributed by atoms with Crippen LogP contribution in [0.2, 0.25) is 0 Å². The third-order valence-corrected chi connectivity index (χ3v) is 5.90. The summed E-state index contributed by atoms with van der Waals surface area (Å²) in [5.74, 6) is -0.245. The number of urea groups is 1. The molecule has 0 atom stereocenters. The van der Waals surface area contributed by atoms with Gasteiger partial charge in [0.2, 0.25) is 5.91 Å². The number of hydrogen-bond acceptors (Lipinski definition) is 3. The Labute approximate surface area is 200 Å². The Hall–Kier alpha value is -3.33. The molecule has 0 aliphatic heterocycles. The maximum atomic E-state index is 13.3. The molecule has 1 heterocycles. The fraction of sp³-hybridized carbons (Fsp3) is 0.280. The number of carbonyl (C=O) groups excluding carboxylic acids is 2. The number of amides is 3. The standard InChI is InChI=1S/C25H26F3N3O2S/c1-2-13-30(24(33)29-21-11-6-10-20(15-21)25(26,27)28)18-23(32)31(17-22-12-7-14-34-22)16-19-8-4-3-5-9-19/h3-12,14-15H,2,13,16-18H2,1H3,(H,29,33). The zero-order valence-corrected chi connectivity index (χ0v) is 19.5. The lowest BCUT2D eigenvalue weighted by Gasteiger charge is -2.27. The van der Waals surface area contributed by atoms with Gasteiger partial charge in [-0.25, -0.2) is 4.79 Å². The Balaban J connectivity index is 1.73. The van der Waals surface area contributed by atoms with Crippen molar-refractivity contribution in [1.29, 1.82) is 0 Å². The zero-order valence-electron chi connectivity index (χ0n) is 18.7. The number of nitrogens with zero attached hydrogens (tertiary/aromatic N) is 2. The molecule has 9 heteroatoms. The van der Waals surface area contributed by atoms with Gasteiger partial charge in [0.15, 0.2) is 0 Å². The maximum Gasteiger partial charge on any atom is 0.416 e. The number of nitrogens with one attached hydrogen (secondary N) is 1. The summed E-state index contributed by atoms with van der Waals surface area (Å²) in [6.45, 7) is 2.75. The number of alkyl halides is 3. The molecule has 3 amide bonds. The molecule has 3 rings (SSSR count). The van der Waals surface area contributed by atoms with Crippen LogP contribution in [0.15, 0.2) is 72.1 Å². The fourth-order valence-corrected chi connectivity index (χ4v) is 4.11. The molecular weight excluding hydrogens is 463 g/mol. The van der Waals surface area contributed by atoms with E-state index in [1.807, 2.05) is 54.8 Å². The van der Waals surface area contributed by atoms with Gasteiger partial charge < -0.3 is 15.1 Å². The molecule has 0 radical (unpaired) electrons. The molecule has 0 saturated heterocycles. The van der Waals surface area contributed by atoms with Crippen LogP contribution in [0, 0.1) is 0 Å². The number of benzene rings is 2. The van der Waals surface area contributed by atoms with Crippen molar-refractivity contribution < 1.29 is 22.8 Å². The monoisotopic (exact) mass is 489 g/mol. The summed E-state index contributed by atoms with van der Waals surface area (Å²) in [5, 5.41) is 4.43. The molecule has 5 nitrogen and oxygen atoms in total. The van der Waals surface area contributed by atoms with E-state index < -0.39 is 17.8 Å². The van der Waals surface area contributed by atoms with E-state index in [9.17, 15) is 22.8 Å². The maximum absolute atomic E-state index is 13.3. The minimum atomic E-state index is -4.51. The quantitative estimate of drug-likeness (QED) is 0.387. The van der Waals surface area contributed by atoms with Gasteiger partial charge in [0.1, 0.15) is 6.54 Å². The van der Waals surface area contributed by atoms with E-state index in [1.165, 1.54) is 17.0 Å². The van der Waals surface area contributed by atoms with Crippen molar-refractivity contribution in [2.75, 3.05) is 18.4 Å². The van der Waals surface area contributed by atoms with E-state index in [4.69, 9.17) is 0 Å². The molecule has 0 aliphatic rings. The number of carbonyl (C=O) groups is 2. The molecule has 2 aromatic carbocycles. The minimum Gasteiger partial charge on any atom is -0.332 e. The van der Waals surface area contributed by atoms with E-state index in [-0.39, 0.29) is 24.7 Å². The Kier molecular flexibility index (Phi) is 8.70. The normalized spacial score (nSPS) is 11.2. The lowest BCUT2D eigenvalue weighted by molar-refractivity contribution is -0.137. The second kappa shape index (κ2) is 11.7. The highest BCUT2D eigenvalue weighted by Crippen LogP contribution is 2.30. The van der Waals surface area contributed by atoms with Crippen molar-refractivity contribution in [3.05, 3.63) is 88.1 Å². The molecule has 34 heavy (non-hydrogen) atoms. The average molecular weight is 490 g/mol. The Morgan fingerprint density at radius 3 is 2.35 bits per heavy atom. The first-order valence-electron chi connectivity index (χ1n) is 10.8. The number of rotatable bonds is 9. The van der Waals surface area contributed by atoms with Gasteiger partial charge in [-0.1, -0.05) is 49.4 Å². The highest BCUT2D eigenvalue weighted by molar-refractivity contribution is 7.09. The Bertz CT molecular complexity index is 1070. The minimum absolute atomic E-state index is 0.0214. The van der Waals surface area contributed by atoms with Gasteiger partial charge in [0.05, 0.1) is 12.1 Å². The van der Waals surface area contributed by atoms with Crippen molar-refractivity contribution in [2.24, 2.45) is 0 Å². The van der Waals surface area contributed by atoms with Crippen LogP contribution in [0.1, 0.15) is 29.3 Å². The van der Waals surface area contributed by atoms with Crippen LogP contribution >= 0.6 is 11.3 Å². The molecule has 0 bridgehead atoms. The molecule has 3 aromatic rings. The van der Waals surface area contributed by atoms with Crippen molar-refractivity contribution in [2.45, 2.75) is 32.6 Å². The average Bonchev–Trinajstić information content (AvgIpc) is 3.32. The molecule has 0 saturated carbocycles. The van der Waals surface area contributed by atoms with Gasteiger partial charge >= 0.3 is 12.2 Å². The van der Waals surface area contributed by atoms with Gasteiger partial charge in [-0.3, -0.25) is 4.79 Å². The molecular formula is C25H26F3N3O2S. The Morgan fingerprint density at radius 2 is 1.71 bits per heavy atom. The summed E-state index contributed by atoms with van der Waals surface area (Å²) in [5.41, 5.74) is 0.129. The van der Waals surface area contributed by atoms with Crippen LogP contribution in [-0.2, 0) is 24.1 Å². The van der Waals surface area contributed by atoms with Crippen molar-refractivity contribution in [3.8, 4) is 0 Å². The molecule has 1 N–H and O–H groups in total. The molecule has 180 valence electrons. The van der Waals surface area contributed by atoms with Gasteiger partial charge in [-0.15, -0.1) is 11.3 Å². The number of hydrogen-bond donors (Lipinski definition) is 1. The SMILES string of the molecule is CCCN(CC(=O)N(Cc1ccccc1)Cc1cccs1)C(=O)Nc1cccc(C(F)(F)F)c1. The number of thiophene rings is 1. The second-order valence-corrected chi connectivity index (χ2v) is 8.78. The van der Waals surface area contributed by atoms with E-state index in [1.54, 1.807) is 16.2 Å². The lowest BCUT2D eigenvalue weighted by atomic mass is 10.2. The van der Waals surface area contributed by atoms with Crippen molar-refractivity contribution in [3.63, 3.8) is 0 Å². The fourth-order valence-electron chi connectivity index (χ4n) is 3.39. The molecule has 0 fully saturated rings. The first kappa shape index (κ1) is 25.3. The second-order valence-electron chi connectivity index (χ2n) is 7.75. The lowest BCUT2D eigenvalue weighted by Crippen LogP contribution is -2.44. The van der Waals surface area contributed by atoms with Crippen LogP contribution in [-0.4, -0.2) is 34.8 Å². The van der Waals surface area contributed by atoms with E-state index in [0.717, 1.165) is 22.6 Å². The van der Waals surface area contributed by atoms with Crippen LogP contribution in [0.5, 0.6) is 0 Å². The van der Waals surface area contributed by atoms with E-state index in [0.29, 0.717) is 19.5 Å². The van der Waals surface area contributed by atoms with Crippen molar-refractivity contribution >= 4 is 29.0 Å². The summed E-state index contributed by atoms with van der Waals surface area (Å²) in [6, 6.07) is 17.2. The largest absolute Gasteiger partial charge is 0.416 e. The molecule has 0 aliphatic carbocycles. The topological polar surface area (TPSA) is 52.7 Å². The summed E-state index contributed by atoms with van der Waals surface area (Å²) in [7, 11) is 0. The summed E-state index contributed by atoms with van der Waals surface area (Å²) >= 11 is 1.54.